The monoisotopic (exact) mass is 226 g/mol. The van der Waals surface area contributed by atoms with Crippen LogP contribution in [0.2, 0.25) is 0 Å². The van der Waals surface area contributed by atoms with Gasteiger partial charge >= 0.3 is 0 Å². The Balaban J connectivity index is 1.77. The van der Waals surface area contributed by atoms with E-state index in [9.17, 15) is 5.11 Å². The second-order valence-electron chi connectivity index (χ2n) is 5.62. The van der Waals surface area contributed by atoms with E-state index in [0.29, 0.717) is 6.04 Å². The maximum Gasteiger partial charge on any atom is 0.0774 e. The van der Waals surface area contributed by atoms with Crippen molar-refractivity contribution in [1.29, 1.82) is 0 Å². The first kappa shape index (κ1) is 12.3. The van der Waals surface area contributed by atoms with Crippen LogP contribution >= 0.6 is 0 Å². The molecule has 0 aromatic rings. The van der Waals surface area contributed by atoms with Crippen molar-refractivity contribution in [3.63, 3.8) is 0 Å². The van der Waals surface area contributed by atoms with Gasteiger partial charge < -0.3 is 15.3 Å². The molecular formula is C13H26N2O. The number of hydrogen-bond acceptors (Lipinski definition) is 3. The number of β-amino-alcohol motifs (C(OH)–C–C–N with tert-alkyl or cyclic N) is 1. The van der Waals surface area contributed by atoms with Gasteiger partial charge in [0, 0.05) is 12.6 Å². The molecular weight excluding hydrogens is 200 g/mol. The molecule has 0 unspecified atom stereocenters. The van der Waals surface area contributed by atoms with Gasteiger partial charge in [0.25, 0.3) is 0 Å². The summed E-state index contributed by atoms with van der Waals surface area (Å²) in [5.41, 5.74) is -0.370. The van der Waals surface area contributed by atoms with Gasteiger partial charge in [0.05, 0.1) is 5.60 Å². The zero-order chi connectivity index (χ0) is 11.4. The van der Waals surface area contributed by atoms with E-state index in [-0.39, 0.29) is 5.60 Å². The van der Waals surface area contributed by atoms with Crippen LogP contribution in [0.25, 0.3) is 0 Å². The van der Waals surface area contributed by atoms with Crippen LogP contribution in [0.5, 0.6) is 0 Å². The SMILES string of the molecule is CNC1CCN(CC2(O)CCCCC2)CC1. The Morgan fingerprint density at radius 1 is 1.19 bits per heavy atom. The number of nitrogens with zero attached hydrogens (tertiary/aromatic N) is 1. The van der Waals surface area contributed by atoms with Gasteiger partial charge in [-0.25, -0.2) is 0 Å². The molecule has 3 nitrogen and oxygen atoms in total. The average molecular weight is 226 g/mol. The summed E-state index contributed by atoms with van der Waals surface area (Å²) in [6.45, 7) is 3.20. The molecule has 0 atom stereocenters. The number of aliphatic hydroxyl groups is 1. The molecule has 0 radical (unpaired) electrons. The summed E-state index contributed by atoms with van der Waals surface area (Å²) in [4.78, 5) is 2.46. The van der Waals surface area contributed by atoms with E-state index >= 15 is 0 Å². The van der Waals surface area contributed by atoms with Gasteiger partial charge in [0.15, 0.2) is 0 Å². The van der Waals surface area contributed by atoms with Crippen molar-refractivity contribution in [2.24, 2.45) is 0 Å². The lowest BCUT2D eigenvalue weighted by atomic mass is 9.84. The van der Waals surface area contributed by atoms with Crippen molar-refractivity contribution in [3.8, 4) is 0 Å². The molecule has 3 heteroatoms. The molecule has 1 saturated heterocycles. The first-order chi connectivity index (χ1) is 7.72. The Bertz CT molecular complexity index is 206. The predicted molar refractivity (Wildman–Crippen MR) is 66.6 cm³/mol. The lowest BCUT2D eigenvalue weighted by Crippen LogP contribution is -2.49. The minimum absolute atomic E-state index is 0.370. The van der Waals surface area contributed by atoms with E-state index in [0.717, 1.165) is 32.5 Å². The second-order valence-corrected chi connectivity index (χ2v) is 5.62. The topological polar surface area (TPSA) is 35.5 Å². The molecule has 0 aromatic heterocycles. The molecule has 0 bridgehead atoms. The Labute approximate surface area is 99.2 Å². The van der Waals surface area contributed by atoms with Gasteiger partial charge in [-0.1, -0.05) is 19.3 Å². The second kappa shape index (κ2) is 5.48. The van der Waals surface area contributed by atoms with Gasteiger partial charge in [-0.15, -0.1) is 0 Å². The summed E-state index contributed by atoms with van der Waals surface area (Å²) in [7, 11) is 2.05. The van der Waals surface area contributed by atoms with Crippen LogP contribution in [0, 0.1) is 0 Å². The third-order valence-corrected chi connectivity index (χ3v) is 4.30. The molecule has 1 saturated carbocycles. The molecule has 94 valence electrons. The maximum atomic E-state index is 10.5. The Hall–Kier alpha value is -0.120. The fourth-order valence-electron chi connectivity index (χ4n) is 3.16. The summed E-state index contributed by atoms with van der Waals surface area (Å²) in [5.74, 6) is 0. The summed E-state index contributed by atoms with van der Waals surface area (Å²) in [6.07, 6.45) is 8.22. The normalized spacial score (nSPS) is 28.1. The minimum atomic E-state index is -0.370. The summed E-state index contributed by atoms with van der Waals surface area (Å²) >= 11 is 0. The van der Waals surface area contributed by atoms with Gasteiger partial charge in [0.1, 0.15) is 0 Å². The van der Waals surface area contributed by atoms with Crippen LogP contribution in [0.1, 0.15) is 44.9 Å². The maximum absolute atomic E-state index is 10.5. The van der Waals surface area contributed by atoms with Crippen molar-refractivity contribution in [2.75, 3.05) is 26.7 Å². The third kappa shape index (κ3) is 3.19. The highest BCUT2D eigenvalue weighted by Gasteiger charge is 2.32. The van der Waals surface area contributed by atoms with Crippen molar-refractivity contribution < 1.29 is 5.11 Å². The van der Waals surface area contributed by atoms with Crippen molar-refractivity contribution in [2.45, 2.75) is 56.6 Å². The van der Waals surface area contributed by atoms with Crippen LogP contribution in [0.3, 0.4) is 0 Å². The zero-order valence-electron chi connectivity index (χ0n) is 10.5. The zero-order valence-corrected chi connectivity index (χ0v) is 10.5. The molecule has 2 aliphatic rings. The van der Waals surface area contributed by atoms with E-state index in [1.165, 1.54) is 32.1 Å². The van der Waals surface area contributed by atoms with Crippen LogP contribution in [-0.4, -0.2) is 48.3 Å². The minimum Gasteiger partial charge on any atom is -0.389 e. The molecule has 2 N–H and O–H groups in total. The van der Waals surface area contributed by atoms with Crippen LogP contribution in [0.15, 0.2) is 0 Å². The van der Waals surface area contributed by atoms with Gasteiger partial charge in [-0.05, 0) is 45.8 Å². The number of hydrogen-bond donors (Lipinski definition) is 2. The molecule has 0 aromatic carbocycles. The van der Waals surface area contributed by atoms with Gasteiger partial charge in [-0.2, -0.15) is 0 Å². The third-order valence-electron chi connectivity index (χ3n) is 4.30. The highest BCUT2D eigenvalue weighted by Crippen LogP contribution is 2.29. The van der Waals surface area contributed by atoms with Crippen LogP contribution < -0.4 is 5.32 Å². The molecule has 2 rings (SSSR count). The predicted octanol–water partition coefficient (Wildman–Crippen LogP) is 1.37. The first-order valence-corrected chi connectivity index (χ1v) is 6.84. The molecule has 2 fully saturated rings. The van der Waals surface area contributed by atoms with Crippen LogP contribution in [0.4, 0.5) is 0 Å². The van der Waals surface area contributed by atoms with E-state index < -0.39 is 0 Å². The standard InChI is InChI=1S/C13H26N2O/c1-14-12-5-9-15(10-6-12)11-13(16)7-3-2-4-8-13/h12,14,16H,2-11H2,1H3. The lowest BCUT2D eigenvalue weighted by molar-refractivity contribution is -0.0311. The average Bonchev–Trinajstić information content (AvgIpc) is 2.30. The smallest absolute Gasteiger partial charge is 0.0774 e. The molecule has 1 aliphatic carbocycles. The van der Waals surface area contributed by atoms with Gasteiger partial charge in [-0.3, -0.25) is 0 Å². The molecule has 16 heavy (non-hydrogen) atoms. The quantitative estimate of drug-likeness (QED) is 0.763. The van der Waals surface area contributed by atoms with E-state index in [1.807, 2.05) is 0 Å². The number of likely N-dealkylation sites (tertiary alicyclic amines) is 1. The summed E-state index contributed by atoms with van der Waals surface area (Å²) in [5, 5.41) is 13.8. The Morgan fingerprint density at radius 3 is 2.38 bits per heavy atom. The fourth-order valence-corrected chi connectivity index (χ4v) is 3.16. The van der Waals surface area contributed by atoms with Gasteiger partial charge in [0.2, 0.25) is 0 Å². The molecule has 1 heterocycles. The highest BCUT2D eigenvalue weighted by atomic mass is 16.3. The fraction of sp³-hybridized carbons (Fsp3) is 1.00. The lowest BCUT2D eigenvalue weighted by Gasteiger charge is -2.40. The molecule has 1 aliphatic heterocycles. The number of rotatable bonds is 3. The summed E-state index contributed by atoms with van der Waals surface area (Å²) < 4.78 is 0. The van der Waals surface area contributed by atoms with Crippen molar-refractivity contribution in [1.82, 2.24) is 10.2 Å². The molecule has 0 spiro atoms. The number of piperidine rings is 1. The van der Waals surface area contributed by atoms with E-state index in [4.69, 9.17) is 0 Å². The largest absolute Gasteiger partial charge is 0.389 e. The molecule has 0 amide bonds. The van der Waals surface area contributed by atoms with Crippen LogP contribution in [-0.2, 0) is 0 Å². The Kier molecular flexibility index (Phi) is 4.22. The van der Waals surface area contributed by atoms with E-state index in [1.54, 1.807) is 0 Å². The van der Waals surface area contributed by atoms with E-state index in [2.05, 4.69) is 17.3 Å². The number of nitrogens with one attached hydrogen (secondary N) is 1. The Morgan fingerprint density at radius 2 is 1.81 bits per heavy atom. The van der Waals surface area contributed by atoms with Crippen molar-refractivity contribution in [3.05, 3.63) is 0 Å². The van der Waals surface area contributed by atoms with Crippen molar-refractivity contribution >= 4 is 0 Å². The first-order valence-electron chi connectivity index (χ1n) is 6.84. The summed E-state index contributed by atoms with van der Waals surface area (Å²) in [6, 6.07) is 0.692. The highest BCUT2D eigenvalue weighted by molar-refractivity contribution is 4.87.